The van der Waals surface area contributed by atoms with Crippen LogP contribution in [-0.4, -0.2) is 15.8 Å². The number of carbonyl (C=O) groups is 1. The SMILES string of the molecule is CC1(C)CC(=O)C2=C(C1)Nc1[nH]c(=S)[nH]c(=O)c1C2c1ccc(F)cc1. The van der Waals surface area contributed by atoms with E-state index >= 15 is 0 Å². The van der Waals surface area contributed by atoms with Gasteiger partial charge in [0.2, 0.25) is 0 Å². The molecule has 0 saturated heterocycles. The van der Waals surface area contributed by atoms with Crippen LogP contribution in [0.4, 0.5) is 10.2 Å². The van der Waals surface area contributed by atoms with Gasteiger partial charge >= 0.3 is 0 Å². The van der Waals surface area contributed by atoms with Crippen LogP contribution in [0.15, 0.2) is 40.3 Å². The summed E-state index contributed by atoms with van der Waals surface area (Å²) >= 11 is 5.09. The Morgan fingerprint density at radius 3 is 2.50 bits per heavy atom. The van der Waals surface area contributed by atoms with Crippen molar-refractivity contribution in [2.45, 2.75) is 32.6 Å². The van der Waals surface area contributed by atoms with E-state index in [1.54, 1.807) is 12.1 Å². The highest BCUT2D eigenvalue weighted by molar-refractivity contribution is 7.71. The second-order valence-corrected chi connectivity index (χ2v) is 8.05. The summed E-state index contributed by atoms with van der Waals surface area (Å²) < 4.78 is 13.6. The summed E-state index contributed by atoms with van der Waals surface area (Å²) in [5.74, 6) is -0.418. The van der Waals surface area contributed by atoms with Crippen molar-refractivity contribution in [3.05, 3.63) is 67.6 Å². The van der Waals surface area contributed by atoms with E-state index in [4.69, 9.17) is 12.2 Å². The van der Waals surface area contributed by atoms with Gasteiger partial charge in [-0.2, -0.15) is 0 Å². The molecule has 0 fully saturated rings. The monoisotopic (exact) mass is 371 g/mol. The predicted octanol–water partition coefficient (Wildman–Crippen LogP) is 3.77. The first-order valence-corrected chi connectivity index (χ1v) is 8.81. The number of Topliss-reactive ketones (excluding diaryl/α,β-unsaturated/α-hetero) is 1. The molecule has 2 aromatic rings. The molecule has 1 aliphatic carbocycles. The van der Waals surface area contributed by atoms with Gasteiger partial charge in [0.1, 0.15) is 11.6 Å². The van der Waals surface area contributed by atoms with E-state index in [1.165, 1.54) is 12.1 Å². The fourth-order valence-corrected chi connectivity index (χ4v) is 4.13. The van der Waals surface area contributed by atoms with Gasteiger partial charge in [-0.05, 0) is 41.7 Å². The molecule has 1 aromatic heterocycles. The van der Waals surface area contributed by atoms with E-state index in [9.17, 15) is 14.0 Å². The zero-order valence-electron chi connectivity index (χ0n) is 14.4. The van der Waals surface area contributed by atoms with E-state index < -0.39 is 5.92 Å². The molecule has 1 aliphatic heterocycles. The number of benzene rings is 1. The van der Waals surface area contributed by atoms with Gasteiger partial charge in [-0.3, -0.25) is 14.6 Å². The largest absolute Gasteiger partial charge is 0.344 e. The number of carbonyl (C=O) groups excluding carboxylic acids is 1. The summed E-state index contributed by atoms with van der Waals surface area (Å²) in [4.78, 5) is 31.2. The van der Waals surface area contributed by atoms with Crippen molar-refractivity contribution < 1.29 is 9.18 Å². The van der Waals surface area contributed by atoms with Crippen LogP contribution in [0.3, 0.4) is 0 Å². The fourth-order valence-electron chi connectivity index (χ4n) is 3.94. The van der Waals surface area contributed by atoms with Crippen LogP contribution < -0.4 is 10.9 Å². The number of aromatic amines is 2. The van der Waals surface area contributed by atoms with Crippen molar-refractivity contribution in [1.82, 2.24) is 9.97 Å². The lowest BCUT2D eigenvalue weighted by Gasteiger charge is -2.38. The Balaban J connectivity index is 2.00. The maximum absolute atomic E-state index is 13.4. The number of nitrogens with one attached hydrogen (secondary N) is 3. The number of ketones is 1. The average Bonchev–Trinajstić information content (AvgIpc) is 2.52. The molecule has 0 spiro atoms. The third-order valence-electron chi connectivity index (χ3n) is 4.96. The van der Waals surface area contributed by atoms with Crippen LogP contribution in [0, 0.1) is 16.0 Å². The molecule has 134 valence electrons. The molecule has 7 heteroatoms. The molecule has 3 N–H and O–H groups in total. The van der Waals surface area contributed by atoms with E-state index in [0.717, 1.165) is 5.70 Å². The third-order valence-corrected chi connectivity index (χ3v) is 5.16. The first-order valence-electron chi connectivity index (χ1n) is 8.40. The van der Waals surface area contributed by atoms with Gasteiger partial charge in [0.25, 0.3) is 5.56 Å². The van der Waals surface area contributed by atoms with Gasteiger partial charge in [-0.1, -0.05) is 26.0 Å². The van der Waals surface area contributed by atoms with E-state index in [-0.39, 0.29) is 27.3 Å². The second kappa shape index (κ2) is 5.74. The van der Waals surface area contributed by atoms with Crippen LogP contribution in [0.25, 0.3) is 0 Å². The lowest BCUT2D eigenvalue weighted by molar-refractivity contribution is -0.118. The maximum Gasteiger partial charge on any atom is 0.257 e. The molecule has 4 rings (SSSR count). The van der Waals surface area contributed by atoms with Crippen molar-refractivity contribution >= 4 is 23.8 Å². The summed E-state index contributed by atoms with van der Waals surface area (Å²) in [6, 6.07) is 5.92. The Labute approximate surface area is 154 Å². The lowest BCUT2D eigenvalue weighted by Crippen LogP contribution is -2.36. The summed E-state index contributed by atoms with van der Waals surface area (Å²) in [5.41, 5.74) is 1.95. The number of aromatic nitrogens is 2. The Bertz CT molecular complexity index is 1060. The first kappa shape index (κ1) is 16.9. The van der Waals surface area contributed by atoms with Crippen LogP contribution in [0.2, 0.25) is 0 Å². The number of rotatable bonds is 1. The van der Waals surface area contributed by atoms with Crippen molar-refractivity contribution in [2.24, 2.45) is 5.41 Å². The third kappa shape index (κ3) is 2.72. The summed E-state index contributed by atoms with van der Waals surface area (Å²) in [7, 11) is 0. The summed E-state index contributed by atoms with van der Waals surface area (Å²) in [5, 5.41) is 3.22. The lowest BCUT2D eigenvalue weighted by atomic mass is 9.69. The van der Waals surface area contributed by atoms with E-state index in [0.29, 0.717) is 35.4 Å². The Morgan fingerprint density at radius 2 is 1.81 bits per heavy atom. The molecule has 1 atom stereocenters. The Hall–Kier alpha value is -2.54. The van der Waals surface area contributed by atoms with Crippen LogP contribution in [0.5, 0.6) is 0 Å². The van der Waals surface area contributed by atoms with Crippen LogP contribution >= 0.6 is 12.2 Å². The number of fused-ring (bicyclic) bond motifs is 1. The normalized spacial score (nSPS) is 21.0. The van der Waals surface area contributed by atoms with Crippen molar-refractivity contribution in [3.8, 4) is 0 Å². The van der Waals surface area contributed by atoms with Crippen molar-refractivity contribution in [2.75, 3.05) is 5.32 Å². The highest BCUT2D eigenvalue weighted by atomic mass is 32.1. The number of hydrogen-bond donors (Lipinski definition) is 3. The number of H-pyrrole nitrogens is 2. The highest BCUT2D eigenvalue weighted by Gasteiger charge is 2.41. The van der Waals surface area contributed by atoms with Crippen LogP contribution in [-0.2, 0) is 4.79 Å². The van der Waals surface area contributed by atoms with E-state index in [2.05, 4.69) is 15.3 Å². The molecule has 2 aliphatic rings. The quantitative estimate of drug-likeness (QED) is 0.667. The Kier molecular flexibility index (Phi) is 3.73. The molecule has 2 heterocycles. The minimum absolute atomic E-state index is 0.00516. The molecular weight excluding hydrogens is 353 g/mol. The smallest absolute Gasteiger partial charge is 0.257 e. The molecule has 1 unspecified atom stereocenters. The van der Waals surface area contributed by atoms with Crippen LogP contribution in [0.1, 0.15) is 43.7 Å². The summed E-state index contributed by atoms with van der Waals surface area (Å²) in [6.45, 7) is 4.08. The minimum atomic E-state index is -0.555. The van der Waals surface area contributed by atoms with Gasteiger partial charge < -0.3 is 10.3 Å². The molecule has 1 aromatic carbocycles. The number of hydrogen-bond acceptors (Lipinski definition) is 4. The topological polar surface area (TPSA) is 77.8 Å². The van der Waals surface area contributed by atoms with Gasteiger partial charge in [0.05, 0.1) is 5.56 Å². The number of allylic oxidation sites excluding steroid dienone is 2. The Morgan fingerprint density at radius 1 is 1.12 bits per heavy atom. The standard InChI is InChI=1S/C19H18FN3O2S/c1-19(2)7-11-14(12(24)8-19)13(9-3-5-10(20)6-4-9)15-16(21-11)22-18(26)23-17(15)25/h3-6,13H,7-8H2,1-2H3,(H3,21,22,23,25,26). The van der Waals surface area contributed by atoms with Crippen molar-refractivity contribution in [3.63, 3.8) is 0 Å². The fraction of sp³-hybridized carbons (Fsp3) is 0.316. The predicted molar refractivity (Wildman–Crippen MR) is 99.2 cm³/mol. The molecule has 0 bridgehead atoms. The zero-order chi connectivity index (χ0) is 18.6. The molecule has 5 nitrogen and oxygen atoms in total. The van der Waals surface area contributed by atoms with Gasteiger partial charge in [0.15, 0.2) is 10.6 Å². The molecule has 0 amide bonds. The zero-order valence-corrected chi connectivity index (χ0v) is 15.2. The summed E-state index contributed by atoms with van der Waals surface area (Å²) in [6.07, 6.45) is 1.08. The molecular formula is C19H18FN3O2S. The highest BCUT2D eigenvalue weighted by Crippen LogP contribution is 2.47. The van der Waals surface area contributed by atoms with Gasteiger partial charge in [-0.15, -0.1) is 0 Å². The van der Waals surface area contributed by atoms with Gasteiger partial charge in [-0.25, -0.2) is 4.39 Å². The molecule has 0 radical (unpaired) electrons. The molecule has 26 heavy (non-hydrogen) atoms. The minimum Gasteiger partial charge on any atom is -0.344 e. The number of halogens is 1. The molecule has 0 saturated carbocycles. The maximum atomic E-state index is 13.4. The number of anilines is 1. The van der Waals surface area contributed by atoms with Crippen molar-refractivity contribution in [1.29, 1.82) is 0 Å². The van der Waals surface area contributed by atoms with Gasteiger partial charge in [0, 0.05) is 23.6 Å². The average molecular weight is 371 g/mol. The first-order chi connectivity index (χ1) is 12.2. The van der Waals surface area contributed by atoms with E-state index in [1.807, 2.05) is 13.8 Å². The second-order valence-electron chi connectivity index (χ2n) is 7.64.